The number of nitrogens with zero attached hydrogens (tertiary/aromatic N) is 1. The molecule has 0 radical (unpaired) electrons. The molecule has 0 aliphatic carbocycles. The van der Waals surface area contributed by atoms with Gasteiger partial charge in [0.15, 0.2) is 0 Å². The van der Waals surface area contributed by atoms with Crippen molar-refractivity contribution in [3.63, 3.8) is 0 Å². The van der Waals surface area contributed by atoms with E-state index in [-0.39, 0.29) is 6.10 Å². The maximum absolute atomic E-state index is 9.69. The second kappa shape index (κ2) is 3.62. The van der Waals surface area contributed by atoms with Crippen molar-refractivity contribution in [3.05, 3.63) is 29.3 Å². The minimum atomic E-state index is -0.204. The Hall–Kier alpha value is -1.02. The van der Waals surface area contributed by atoms with Gasteiger partial charge in [0, 0.05) is 25.2 Å². The fourth-order valence-electron chi connectivity index (χ4n) is 2.11. The van der Waals surface area contributed by atoms with Crippen molar-refractivity contribution >= 4 is 5.69 Å². The van der Waals surface area contributed by atoms with Gasteiger partial charge in [-0.3, -0.25) is 0 Å². The number of anilines is 1. The zero-order chi connectivity index (χ0) is 10.1. The van der Waals surface area contributed by atoms with Crippen LogP contribution >= 0.6 is 0 Å². The molecule has 0 saturated carbocycles. The van der Waals surface area contributed by atoms with Gasteiger partial charge in [-0.25, -0.2) is 0 Å². The highest BCUT2D eigenvalue weighted by molar-refractivity contribution is 5.57. The molecule has 0 spiro atoms. The lowest BCUT2D eigenvalue weighted by atomic mass is 9.98. The van der Waals surface area contributed by atoms with Gasteiger partial charge in [-0.05, 0) is 31.0 Å². The lowest BCUT2D eigenvalue weighted by Crippen LogP contribution is -2.38. The number of β-amino-alcohol motifs (C(OH)–C–C–N with tert-alkyl or cyclic N) is 1. The van der Waals surface area contributed by atoms with Crippen molar-refractivity contribution in [2.75, 3.05) is 18.0 Å². The summed E-state index contributed by atoms with van der Waals surface area (Å²) in [6, 6.07) is 6.46. The summed E-state index contributed by atoms with van der Waals surface area (Å²) < 4.78 is 0. The van der Waals surface area contributed by atoms with Crippen LogP contribution in [0.25, 0.3) is 0 Å². The predicted octanol–water partition coefficient (Wildman–Crippen LogP) is 1.74. The Bertz CT molecular complexity index is 335. The minimum absolute atomic E-state index is 0.204. The highest BCUT2D eigenvalue weighted by Gasteiger charge is 2.21. The van der Waals surface area contributed by atoms with Gasteiger partial charge in [-0.2, -0.15) is 0 Å². The van der Waals surface area contributed by atoms with Gasteiger partial charge < -0.3 is 10.0 Å². The fourth-order valence-corrected chi connectivity index (χ4v) is 2.11. The molecule has 1 aliphatic heterocycles. The van der Waals surface area contributed by atoms with E-state index in [1.807, 2.05) is 0 Å². The summed E-state index contributed by atoms with van der Waals surface area (Å²) in [7, 11) is 0. The van der Waals surface area contributed by atoms with Crippen molar-refractivity contribution in [1.82, 2.24) is 0 Å². The van der Waals surface area contributed by atoms with E-state index in [1.54, 1.807) is 0 Å². The quantitative estimate of drug-likeness (QED) is 0.731. The van der Waals surface area contributed by atoms with E-state index < -0.39 is 0 Å². The second-order valence-corrected chi connectivity index (χ2v) is 4.03. The molecule has 0 aromatic heterocycles. The van der Waals surface area contributed by atoms with Crippen LogP contribution in [0.15, 0.2) is 18.2 Å². The van der Waals surface area contributed by atoms with E-state index in [9.17, 15) is 5.11 Å². The smallest absolute Gasteiger partial charge is 0.0756 e. The van der Waals surface area contributed by atoms with Crippen LogP contribution in [0, 0.1) is 6.92 Å². The third-order valence-electron chi connectivity index (χ3n) is 2.85. The van der Waals surface area contributed by atoms with E-state index in [0.29, 0.717) is 0 Å². The van der Waals surface area contributed by atoms with Crippen molar-refractivity contribution < 1.29 is 5.11 Å². The van der Waals surface area contributed by atoms with Crippen LogP contribution in [0.5, 0.6) is 0 Å². The Morgan fingerprint density at radius 3 is 3.00 bits per heavy atom. The lowest BCUT2D eigenvalue weighted by Gasteiger charge is -2.33. The van der Waals surface area contributed by atoms with E-state index in [2.05, 4.69) is 36.9 Å². The topological polar surface area (TPSA) is 23.5 Å². The standard InChI is InChI=1S/C12H17NO/c1-3-13-8-11(14)7-10-5-4-9(2)6-12(10)13/h4-6,11,14H,3,7-8H2,1-2H3. The molecule has 1 N–H and O–H groups in total. The molecule has 0 amide bonds. The molecule has 1 aromatic carbocycles. The lowest BCUT2D eigenvalue weighted by molar-refractivity contribution is 0.175. The number of benzene rings is 1. The summed E-state index contributed by atoms with van der Waals surface area (Å²) >= 11 is 0. The first kappa shape index (κ1) is 9.53. The molecule has 1 aliphatic rings. The molecule has 1 unspecified atom stereocenters. The van der Waals surface area contributed by atoms with Crippen molar-refractivity contribution in [2.45, 2.75) is 26.4 Å². The second-order valence-electron chi connectivity index (χ2n) is 4.03. The van der Waals surface area contributed by atoms with Gasteiger partial charge in [0.05, 0.1) is 6.10 Å². The molecule has 2 heteroatoms. The molecule has 2 nitrogen and oxygen atoms in total. The molecule has 1 heterocycles. The molecule has 76 valence electrons. The highest BCUT2D eigenvalue weighted by Crippen LogP contribution is 2.27. The molecule has 0 bridgehead atoms. The average Bonchev–Trinajstić information content (AvgIpc) is 2.17. The average molecular weight is 191 g/mol. The van der Waals surface area contributed by atoms with Crippen LogP contribution in [0.2, 0.25) is 0 Å². The Kier molecular flexibility index (Phi) is 2.46. The minimum Gasteiger partial charge on any atom is -0.391 e. The zero-order valence-electron chi connectivity index (χ0n) is 8.83. The number of aryl methyl sites for hydroxylation is 1. The normalized spacial score (nSPS) is 20.8. The summed E-state index contributed by atoms with van der Waals surface area (Å²) in [6.45, 7) is 5.98. The predicted molar refractivity (Wildman–Crippen MR) is 58.8 cm³/mol. The Labute approximate surface area is 85.2 Å². The first-order valence-electron chi connectivity index (χ1n) is 5.23. The van der Waals surface area contributed by atoms with E-state index in [4.69, 9.17) is 0 Å². The van der Waals surface area contributed by atoms with Crippen LogP contribution in [0.4, 0.5) is 5.69 Å². The van der Waals surface area contributed by atoms with Crippen LogP contribution in [-0.4, -0.2) is 24.3 Å². The number of aliphatic hydroxyl groups is 1. The van der Waals surface area contributed by atoms with E-state index in [1.165, 1.54) is 16.8 Å². The van der Waals surface area contributed by atoms with Gasteiger partial charge in [0.25, 0.3) is 0 Å². The number of hydrogen-bond acceptors (Lipinski definition) is 2. The molecule has 1 aromatic rings. The molecule has 14 heavy (non-hydrogen) atoms. The van der Waals surface area contributed by atoms with Gasteiger partial charge in [-0.15, -0.1) is 0 Å². The molecular formula is C12H17NO. The number of fused-ring (bicyclic) bond motifs is 1. The molecular weight excluding hydrogens is 174 g/mol. The zero-order valence-corrected chi connectivity index (χ0v) is 8.83. The first-order valence-corrected chi connectivity index (χ1v) is 5.23. The maximum Gasteiger partial charge on any atom is 0.0756 e. The van der Waals surface area contributed by atoms with Gasteiger partial charge in [0.1, 0.15) is 0 Å². The van der Waals surface area contributed by atoms with Crippen LogP contribution in [0.1, 0.15) is 18.1 Å². The summed E-state index contributed by atoms with van der Waals surface area (Å²) in [5, 5.41) is 9.69. The highest BCUT2D eigenvalue weighted by atomic mass is 16.3. The summed E-state index contributed by atoms with van der Waals surface area (Å²) in [5.74, 6) is 0. The number of rotatable bonds is 1. The third-order valence-corrected chi connectivity index (χ3v) is 2.85. The number of hydrogen-bond donors (Lipinski definition) is 1. The van der Waals surface area contributed by atoms with Crippen molar-refractivity contribution in [1.29, 1.82) is 0 Å². The SMILES string of the molecule is CCN1CC(O)Cc2ccc(C)cc21. The van der Waals surface area contributed by atoms with Crippen LogP contribution in [-0.2, 0) is 6.42 Å². The van der Waals surface area contributed by atoms with E-state index in [0.717, 1.165) is 19.5 Å². The van der Waals surface area contributed by atoms with Gasteiger partial charge in [-0.1, -0.05) is 12.1 Å². The summed E-state index contributed by atoms with van der Waals surface area (Å²) in [6.07, 6.45) is 0.594. The third kappa shape index (κ3) is 1.62. The molecule has 1 atom stereocenters. The van der Waals surface area contributed by atoms with Gasteiger partial charge >= 0.3 is 0 Å². The molecule has 0 fully saturated rings. The Balaban J connectivity index is 2.41. The maximum atomic E-state index is 9.69. The first-order chi connectivity index (χ1) is 6.70. The Morgan fingerprint density at radius 2 is 2.29 bits per heavy atom. The van der Waals surface area contributed by atoms with Crippen molar-refractivity contribution in [2.24, 2.45) is 0 Å². The molecule has 0 saturated heterocycles. The fraction of sp³-hybridized carbons (Fsp3) is 0.500. The van der Waals surface area contributed by atoms with Gasteiger partial charge in [0.2, 0.25) is 0 Å². The number of aliphatic hydroxyl groups excluding tert-OH is 1. The van der Waals surface area contributed by atoms with E-state index >= 15 is 0 Å². The number of likely N-dealkylation sites (N-methyl/N-ethyl adjacent to an activating group) is 1. The van der Waals surface area contributed by atoms with Crippen molar-refractivity contribution in [3.8, 4) is 0 Å². The van der Waals surface area contributed by atoms with Crippen LogP contribution in [0.3, 0.4) is 0 Å². The Morgan fingerprint density at radius 1 is 1.50 bits per heavy atom. The summed E-state index contributed by atoms with van der Waals surface area (Å²) in [5.41, 5.74) is 3.87. The van der Waals surface area contributed by atoms with Crippen LogP contribution < -0.4 is 4.90 Å². The largest absolute Gasteiger partial charge is 0.391 e. The summed E-state index contributed by atoms with van der Waals surface area (Å²) in [4.78, 5) is 2.25. The molecule has 2 rings (SSSR count). The monoisotopic (exact) mass is 191 g/mol.